The van der Waals surface area contributed by atoms with Crippen molar-refractivity contribution in [3.63, 3.8) is 0 Å². The summed E-state index contributed by atoms with van der Waals surface area (Å²) in [5.41, 5.74) is 0. The second-order valence-corrected chi connectivity index (χ2v) is 6.51. The predicted octanol–water partition coefficient (Wildman–Crippen LogP) is 1.26. The van der Waals surface area contributed by atoms with Crippen LogP contribution in [-0.2, 0) is 20.8 Å². The van der Waals surface area contributed by atoms with Crippen LogP contribution in [0.1, 0.15) is 39.5 Å². The molecule has 3 rings (SSSR count). The number of morpholine rings is 1. The van der Waals surface area contributed by atoms with Crippen molar-refractivity contribution in [2.24, 2.45) is 0 Å². The number of rotatable bonds is 8. The van der Waals surface area contributed by atoms with Gasteiger partial charge in [-0.05, 0) is 36.1 Å². The standard InChI is InChI=1S/C16H29N5O3/c1-3-13-10-20(11-14(4-2)24-13)16-17-18-19-21(16)7-5-8-23-15-6-9-22-12-15/h13-15H,3-12H2,1-2H3. The average Bonchev–Trinajstić information content (AvgIpc) is 3.29. The zero-order valence-electron chi connectivity index (χ0n) is 14.8. The Bertz CT molecular complexity index is 480. The molecule has 8 nitrogen and oxygen atoms in total. The van der Waals surface area contributed by atoms with Crippen LogP contribution in [-0.4, -0.2) is 71.4 Å². The van der Waals surface area contributed by atoms with Crippen LogP contribution < -0.4 is 4.90 Å². The van der Waals surface area contributed by atoms with Crippen LogP contribution in [0.4, 0.5) is 5.95 Å². The molecule has 2 aliphatic rings. The van der Waals surface area contributed by atoms with Crippen molar-refractivity contribution in [2.45, 2.75) is 64.4 Å². The Hall–Kier alpha value is -1.25. The number of hydrogen-bond donors (Lipinski definition) is 0. The van der Waals surface area contributed by atoms with Crippen LogP contribution in [0.2, 0.25) is 0 Å². The third-order valence-corrected chi connectivity index (χ3v) is 4.70. The van der Waals surface area contributed by atoms with E-state index < -0.39 is 0 Å². The van der Waals surface area contributed by atoms with Crippen molar-refractivity contribution in [1.29, 1.82) is 0 Å². The molecular weight excluding hydrogens is 310 g/mol. The van der Waals surface area contributed by atoms with E-state index in [1.807, 2.05) is 4.68 Å². The molecule has 0 radical (unpaired) electrons. The van der Waals surface area contributed by atoms with Gasteiger partial charge in [-0.2, -0.15) is 0 Å². The summed E-state index contributed by atoms with van der Waals surface area (Å²) in [6, 6.07) is 0. The molecule has 8 heteroatoms. The summed E-state index contributed by atoms with van der Waals surface area (Å²) < 4.78 is 19.1. The molecule has 0 bridgehead atoms. The summed E-state index contributed by atoms with van der Waals surface area (Å²) in [7, 11) is 0. The smallest absolute Gasteiger partial charge is 0.245 e. The molecule has 0 N–H and O–H groups in total. The van der Waals surface area contributed by atoms with Crippen LogP contribution in [0.25, 0.3) is 0 Å². The third kappa shape index (κ3) is 4.43. The number of hydrogen-bond acceptors (Lipinski definition) is 7. The van der Waals surface area contributed by atoms with Crippen LogP contribution in [0.5, 0.6) is 0 Å². The minimum Gasteiger partial charge on any atom is -0.379 e. The molecule has 136 valence electrons. The lowest BCUT2D eigenvalue weighted by Gasteiger charge is -2.37. The molecule has 3 atom stereocenters. The van der Waals surface area contributed by atoms with Gasteiger partial charge in [0.1, 0.15) is 0 Å². The van der Waals surface area contributed by atoms with E-state index in [4.69, 9.17) is 14.2 Å². The van der Waals surface area contributed by atoms with Gasteiger partial charge >= 0.3 is 0 Å². The summed E-state index contributed by atoms with van der Waals surface area (Å²) in [5, 5.41) is 12.3. The van der Waals surface area contributed by atoms with Gasteiger partial charge < -0.3 is 19.1 Å². The molecule has 1 aromatic heterocycles. The van der Waals surface area contributed by atoms with Gasteiger partial charge in [-0.25, -0.2) is 4.68 Å². The zero-order valence-corrected chi connectivity index (χ0v) is 14.8. The lowest BCUT2D eigenvalue weighted by molar-refractivity contribution is -0.0292. The number of tetrazole rings is 1. The van der Waals surface area contributed by atoms with Crippen molar-refractivity contribution in [1.82, 2.24) is 20.2 Å². The maximum Gasteiger partial charge on any atom is 0.245 e. The molecule has 0 aromatic carbocycles. The SMILES string of the molecule is CCC1CN(c2nnnn2CCCOC2CCOC2)CC(CC)O1. The molecule has 0 spiro atoms. The van der Waals surface area contributed by atoms with E-state index >= 15 is 0 Å². The second kappa shape index (κ2) is 8.73. The highest BCUT2D eigenvalue weighted by Crippen LogP contribution is 2.20. The Kier molecular flexibility index (Phi) is 6.39. The summed E-state index contributed by atoms with van der Waals surface area (Å²) in [5.74, 6) is 0.847. The Balaban J connectivity index is 1.51. The molecular formula is C16H29N5O3. The number of anilines is 1. The zero-order chi connectivity index (χ0) is 16.8. The first kappa shape index (κ1) is 17.6. The predicted molar refractivity (Wildman–Crippen MR) is 89.1 cm³/mol. The van der Waals surface area contributed by atoms with Gasteiger partial charge in [0, 0.05) is 32.8 Å². The van der Waals surface area contributed by atoms with Gasteiger partial charge in [-0.15, -0.1) is 0 Å². The highest BCUT2D eigenvalue weighted by Gasteiger charge is 2.28. The summed E-state index contributed by atoms with van der Waals surface area (Å²) in [6.45, 7) is 9.04. The Labute approximate surface area is 143 Å². The van der Waals surface area contributed by atoms with Crippen LogP contribution in [0.15, 0.2) is 0 Å². The van der Waals surface area contributed by atoms with E-state index in [0.717, 1.165) is 64.5 Å². The first-order valence-electron chi connectivity index (χ1n) is 9.16. The van der Waals surface area contributed by atoms with Crippen molar-refractivity contribution >= 4 is 5.95 Å². The first-order valence-corrected chi connectivity index (χ1v) is 9.16. The molecule has 0 saturated carbocycles. The van der Waals surface area contributed by atoms with Gasteiger partial charge in [0.25, 0.3) is 0 Å². The van der Waals surface area contributed by atoms with Gasteiger partial charge in [0.05, 0.1) is 24.9 Å². The van der Waals surface area contributed by atoms with Gasteiger partial charge in [0.2, 0.25) is 5.95 Å². The molecule has 0 amide bonds. The van der Waals surface area contributed by atoms with Crippen molar-refractivity contribution < 1.29 is 14.2 Å². The van der Waals surface area contributed by atoms with Crippen molar-refractivity contribution in [3.05, 3.63) is 0 Å². The van der Waals surface area contributed by atoms with E-state index in [2.05, 4.69) is 34.3 Å². The molecule has 2 aliphatic heterocycles. The lowest BCUT2D eigenvalue weighted by atomic mass is 10.1. The molecule has 0 aliphatic carbocycles. The lowest BCUT2D eigenvalue weighted by Crippen LogP contribution is -2.48. The normalized spacial score (nSPS) is 27.8. The number of aromatic nitrogens is 4. The molecule has 2 fully saturated rings. The fourth-order valence-electron chi connectivity index (χ4n) is 3.22. The van der Waals surface area contributed by atoms with Crippen molar-refractivity contribution in [3.8, 4) is 0 Å². The molecule has 1 aromatic rings. The van der Waals surface area contributed by atoms with Gasteiger partial charge in [-0.3, -0.25) is 0 Å². The molecule has 3 heterocycles. The topological polar surface area (TPSA) is 74.5 Å². The molecule has 3 unspecified atom stereocenters. The maximum atomic E-state index is 6.06. The highest BCUT2D eigenvalue weighted by atomic mass is 16.5. The highest BCUT2D eigenvalue weighted by molar-refractivity contribution is 5.29. The van der Waals surface area contributed by atoms with Crippen LogP contribution in [0.3, 0.4) is 0 Å². The van der Waals surface area contributed by atoms with E-state index in [9.17, 15) is 0 Å². The van der Waals surface area contributed by atoms with E-state index in [1.165, 1.54) is 0 Å². The molecule has 24 heavy (non-hydrogen) atoms. The molecule has 2 saturated heterocycles. The number of aryl methyl sites for hydroxylation is 1. The largest absolute Gasteiger partial charge is 0.379 e. The summed E-state index contributed by atoms with van der Waals surface area (Å²) >= 11 is 0. The third-order valence-electron chi connectivity index (χ3n) is 4.70. The first-order chi connectivity index (χ1) is 11.8. The Morgan fingerprint density at radius 3 is 2.67 bits per heavy atom. The van der Waals surface area contributed by atoms with E-state index in [0.29, 0.717) is 6.61 Å². The fourth-order valence-corrected chi connectivity index (χ4v) is 3.22. The van der Waals surface area contributed by atoms with E-state index in [-0.39, 0.29) is 18.3 Å². The van der Waals surface area contributed by atoms with Crippen LogP contribution in [0, 0.1) is 0 Å². The van der Waals surface area contributed by atoms with Gasteiger partial charge in [0.15, 0.2) is 0 Å². The fraction of sp³-hybridized carbons (Fsp3) is 0.938. The second-order valence-electron chi connectivity index (χ2n) is 6.51. The summed E-state index contributed by atoms with van der Waals surface area (Å²) in [4.78, 5) is 2.26. The minimum atomic E-state index is 0.250. The number of ether oxygens (including phenoxy) is 3. The Morgan fingerprint density at radius 2 is 2.00 bits per heavy atom. The van der Waals surface area contributed by atoms with Crippen molar-refractivity contribution in [2.75, 3.05) is 37.8 Å². The maximum absolute atomic E-state index is 6.06. The Morgan fingerprint density at radius 1 is 1.21 bits per heavy atom. The number of nitrogens with zero attached hydrogens (tertiary/aromatic N) is 5. The van der Waals surface area contributed by atoms with Crippen LogP contribution >= 0.6 is 0 Å². The minimum absolute atomic E-state index is 0.250. The summed E-state index contributed by atoms with van der Waals surface area (Å²) in [6.07, 6.45) is 4.67. The van der Waals surface area contributed by atoms with E-state index in [1.54, 1.807) is 0 Å². The monoisotopic (exact) mass is 339 g/mol. The van der Waals surface area contributed by atoms with Gasteiger partial charge in [-0.1, -0.05) is 18.9 Å². The quantitative estimate of drug-likeness (QED) is 0.660. The average molecular weight is 339 g/mol.